The van der Waals surface area contributed by atoms with Gasteiger partial charge in [-0.15, -0.1) is 0 Å². The Kier molecular flexibility index (Phi) is 5.95. The number of carbonyl (C=O) groups excluding carboxylic acids is 1. The number of amides is 1. The Bertz CT molecular complexity index is 243. The SMILES string of the molecule is CC(C)N(CCC#N)C(C)C(=O)N(C)C. The monoisotopic (exact) mass is 211 g/mol. The van der Waals surface area contributed by atoms with E-state index in [2.05, 4.69) is 6.07 Å². The summed E-state index contributed by atoms with van der Waals surface area (Å²) in [4.78, 5) is 15.4. The molecule has 15 heavy (non-hydrogen) atoms. The molecule has 0 aromatic carbocycles. The first-order chi connectivity index (χ1) is 6.91. The fourth-order valence-electron chi connectivity index (χ4n) is 1.59. The highest BCUT2D eigenvalue weighted by Gasteiger charge is 2.24. The van der Waals surface area contributed by atoms with E-state index in [1.54, 1.807) is 19.0 Å². The molecule has 0 heterocycles. The third-order valence-electron chi connectivity index (χ3n) is 2.44. The van der Waals surface area contributed by atoms with Crippen LogP contribution in [-0.2, 0) is 4.79 Å². The van der Waals surface area contributed by atoms with Gasteiger partial charge in [-0.05, 0) is 20.8 Å². The van der Waals surface area contributed by atoms with E-state index in [-0.39, 0.29) is 18.0 Å². The van der Waals surface area contributed by atoms with Crippen LogP contribution in [0.3, 0.4) is 0 Å². The molecule has 0 aromatic heterocycles. The van der Waals surface area contributed by atoms with Gasteiger partial charge in [0.2, 0.25) is 5.91 Å². The number of rotatable bonds is 5. The Morgan fingerprint density at radius 3 is 2.20 bits per heavy atom. The van der Waals surface area contributed by atoms with E-state index in [4.69, 9.17) is 5.26 Å². The highest BCUT2D eigenvalue weighted by Crippen LogP contribution is 2.08. The number of likely N-dealkylation sites (N-methyl/N-ethyl adjacent to an activating group) is 1. The van der Waals surface area contributed by atoms with Gasteiger partial charge in [0.15, 0.2) is 0 Å². The summed E-state index contributed by atoms with van der Waals surface area (Å²) in [5, 5.41) is 8.55. The lowest BCUT2D eigenvalue weighted by Gasteiger charge is -2.32. The first-order valence-electron chi connectivity index (χ1n) is 5.25. The minimum atomic E-state index is -0.159. The van der Waals surface area contributed by atoms with Crippen LogP contribution in [0.15, 0.2) is 0 Å². The van der Waals surface area contributed by atoms with Crippen LogP contribution in [0.25, 0.3) is 0 Å². The smallest absolute Gasteiger partial charge is 0.239 e. The van der Waals surface area contributed by atoms with E-state index in [1.165, 1.54) is 0 Å². The zero-order chi connectivity index (χ0) is 12.0. The Morgan fingerprint density at radius 2 is 1.87 bits per heavy atom. The van der Waals surface area contributed by atoms with E-state index in [9.17, 15) is 4.79 Å². The maximum Gasteiger partial charge on any atom is 0.239 e. The molecule has 0 fully saturated rings. The Morgan fingerprint density at radius 1 is 1.33 bits per heavy atom. The van der Waals surface area contributed by atoms with Crippen molar-refractivity contribution in [2.24, 2.45) is 0 Å². The molecular weight excluding hydrogens is 190 g/mol. The van der Waals surface area contributed by atoms with Crippen LogP contribution in [0.4, 0.5) is 0 Å². The largest absolute Gasteiger partial charge is 0.347 e. The Labute approximate surface area is 92.5 Å². The van der Waals surface area contributed by atoms with Crippen LogP contribution in [0.5, 0.6) is 0 Å². The van der Waals surface area contributed by atoms with Gasteiger partial charge in [-0.25, -0.2) is 0 Å². The van der Waals surface area contributed by atoms with E-state index in [0.717, 1.165) is 0 Å². The third-order valence-corrected chi connectivity index (χ3v) is 2.44. The lowest BCUT2D eigenvalue weighted by molar-refractivity contribution is -0.134. The van der Waals surface area contributed by atoms with E-state index >= 15 is 0 Å². The molecule has 0 aliphatic rings. The van der Waals surface area contributed by atoms with Crippen molar-refractivity contribution in [3.63, 3.8) is 0 Å². The molecular formula is C11H21N3O. The average Bonchev–Trinajstić information content (AvgIpc) is 2.16. The van der Waals surface area contributed by atoms with Gasteiger partial charge in [0.1, 0.15) is 0 Å². The quantitative estimate of drug-likeness (QED) is 0.684. The van der Waals surface area contributed by atoms with E-state index in [1.807, 2.05) is 25.7 Å². The van der Waals surface area contributed by atoms with Crippen LogP contribution < -0.4 is 0 Å². The van der Waals surface area contributed by atoms with Crippen LogP contribution >= 0.6 is 0 Å². The van der Waals surface area contributed by atoms with Crippen molar-refractivity contribution in [3.8, 4) is 6.07 Å². The molecule has 1 amide bonds. The summed E-state index contributed by atoms with van der Waals surface area (Å²) < 4.78 is 0. The molecule has 4 heteroatoms. The molecule has 0 N–H and O–H groups in total. The molecule has 0 aliphatic heterocycles. The number of hydrogen-bond donors (Lipinski definition) is 0. The lowest BCUT2D eigenvalue weighted by Crippen LogP contribution is -2.48. The van der Waals surface area contributed by atoms with Crippen molar-refractivity contribution in [1.82, 2.24) is 9.80 Å². The van der Waals surface area contributed by atoms with Gasteiger partial charge < -0.3 is 4.90 Å². The average molecular weight is 211 g/mol. The van der Waals surface area contributed by atoms with Crippen LogP contribution in [0.1, 0.15) is 27.2 Å². The van der Waals surface area contributed by atoms with Gasteiger partial charge in [-0.2, -0.15) is 5.26 Å². The van der Waals surface area contributed by atoms with Crippen molar-refractivity contribution in [3.05, 3.63) is 0 Å². The summed E-state index contributed by atoms with van der Waals surface area (Å²) in [6.07, 6.45) is 0.462. The maximum absolute atomic E-state index is 11.8. The normalized spacial score (nSPS) is 12.7. The van der Waals surface area contributed by atoms with E-state index in [0.29, 0.717) is 13.0 Å². The first-order valence-corrected chi connectivity index (χ1v) is 5.25. The van der Waals surface area contributed by atoms with Gasteiger partial charge in [0.05, 0.1) is 12.1 Å². The second kappa shape index (κ2) is 6.41. The second-order valence-corrected chi connectivity index (χ2v) is 4.15. The van der Waals surface area contributed by atoms with Crippen molar-refractivity contribution >= 4 is 5.91 Å². The zero-order valence-electron chi connectivity index (χ0n) is 10.3. The fraction of sp³-hybridized carbons (Fsp3) is 0.818. The number of hydrogen-bond acceptors (Lipinski definition) is 3. The Balaban J connectivity index is 4.49. The molecule has 0 radical (unpaired) electrons. The molecule has 0 spiro atoms. The molecule has 0 saturated carbocycles. The van der Waals surface area contributed by atoms with Crippen molar-refractivity contribution in [2.45, 2.75) is 39.3 Å². The number of nitrogens with zero attached hydrogens (tertiary/aromatic N) is 3. The standard InChI is InChI=1S/C11H21N3O/c1-9(2)14(8-6-7-12)10(3)11(15)13(4)5/h9-10H,6,8H2,1-5H3. The summed E-state index contributed by atoms with van der Waals surface area (Å²) in [6.45, 7) is 6.61. The summed E-state index contributed by atoms with van der Waals surface area (Å²) in [7, 11) is 3.50. The third kappa shape index (κ3) is 4.30. The minimum Gasteiger partial charge on any atom is -0.347 e. The van der Waals surface area contributed by atoms with Gasteiger partial charge in [0, 0.05) is 33.1 Å². The minimum absolute atomic E-state index is 0.0849. The van der Waals surface area contributed by atoms with Crippen molar-refractivity contribution < 1.29 is 4.79 Å². The van der Waals surface area contributed by atoms with Crippen molar-refractivity contribution in [2.75, 3.05) is 20.6 Å². The zero-order valence-corrected chi connectivity index (χ0v) is 10.3. The van der Waals surface area contributed by atoms with Crippen LogP contribution in [-0.4, -0.2) is 48.4 Å². The first kappa shape index (κ1) is 13.9. The molecule has 0 aromatic rings. The summed E-state index contributed by atoms with van der Waals surface area (Å²) in [6, 6.07) is 2.23. The molecule has 0 saturated heterocycles. The molecule has 1 unspecified atom stereocenters. The molecule has 0 rings (SSSR count). The van der Waals surface area contributed by atoms with Gasteiger partial charge in [0.25, 0.3) is 0 Å². The molecule has 0 aliphatic carbocycles. The van der Waals surface area contributed by atoms with Crippen LogP contribution in [0, 0.1) is 11.3 Å². The summed E-state index contributed by atoms with van der Waals surface area (Å²) in [5.41, 5.74) is 0. The highest BCUT2D eigenvalue weighted by atomic mass is 16.2. The molecule has 4 nitrogen and oxygen atoms in total. The number of carbonyl (C=O) groups is 1. The number of nitriles is 1. The van der Waals surface area contributed by atoms with E-state index < -0.39 is 0 Å². The van der Waals surface area contributed by atoms with Gasteiger partial charge >= 0.3 is 0 Å². The lowest BCUT2D eigenvalue weighted by atomic mass is 10.2. The molecule has 86 valence electrons. The maximum atomic E-state index is 11.8. The topological polar surface area (TPSA) is 47.3 Å². The predicted molar refractivity (Wildman–Crippen MR) is 60.2 cm³/mol. The summed E-state index contributed by atoms with van der Waals surface area (Å²) in [5.74, 6) is 0.0849. The fourth-order valence-corrected chi connectivity index (χ4v) is 1.59. The predicted octanol–water partition coefficient (Wildman–Crippen LogP) is 1.09. The molecule has 1 atom stereocenters. The van der Waals surface area contributed by atoms with Gasteiger partial charge in [-0.1, -0.05) is 0 Å². The second-order valence-electron chi connectivity index (χ2n) is 4.15. The molecule has 0 bridgehead atoms. The van der Waals surface area contributed by atoms with Crippen molar-refractivity contribution in [1.29, 1.82) is 5.26 Å². The Hall–Kier alpha value is -1.08. The van der Waals surface area contributed by atoms with Gasteiger partial charge in [-0.3, -0.25) is 9.69 Å². The highest BCUT2D eigenvalue weighted by molar-refractivity contribution is 5.80. The summed E-state index contributed by atoms with van der Waals surface area (Å²) >= 11 is 0. The van der Waals surface area contributed by atoms with Crippen LogP contribution in [0.2, 0.25) is 0 Å².